The van der Waals surface area contributed by atoms with Crippen LogP contribution in [-0.2, 0) is 14.8 Å². The first kappa shape index (κ1) is 17.1. The number of carbonyl (C=O) groups is 1. The van der Waals surface area contributed by atoms with E-state index in [9.17, 15) is 13.2 Å². The molecule has 0 bridgehead atoms. The number of anilines is 1. The number of likely N-dealkylation sites (N-methyl/N-ethyl adjacent to an activating group) is 2. The van der Waals surface area contributed by atoms with Gasteiger partial charge in [0.1, 0.15) is 0 Å². The van der Waals surface area contributed by atoms with E-state index in [0.717, 1.165) is 8.78 Å². The number of thiazole rings is 1. The number of hydrogen-bond donors (Lipinski definition) is 0. The molecule has 1 aromatic carbocycles. The Hall–Kier alpha value is -1.29. The van der Waals surface area contributed by atoms with Gasteiger partial charge in [0.25, 0.3) is 0 Å². The lowest BCUT2D eigenvalue weighted by molar-refractivity contribution is -0.118. The van der Waals surface area contributed by atoms with Gasteiger partial charge in [-0.2, -0.15) is 4.31 Å². The zero-order chi connectivity index (χ0) is 16.3. The number of hydrogen-bond acceptors (Lipinski definition) is 5. The van der Waals surface area contributed by atoms with Gasteiger partial charge >= 0.3 is 0 Å². The maximum absolute atomic E-state index is 12.4. The van der Waals surface area contributed by atoms with Crippen molar-refractivity contribution in [2.45, 2.75) is 4.90 Å². The van der Waals surface area contributed by atoms with Crippen molar-refractivity contribution in [2.75, 3.05) is 25.5 Å². The van der Waals surface area contributed by atoms with E-state index < -0.39 is 10.0 Å². The predicted molar refractivity (Wildman–Crippen MR) is 89.5 cm³/mol. The number of rotatable bonds is 5. The fourth-order valence-corrected chi connectivity index (χ4v) is 3.67. The molecule has 0 spiro atoms. The standard InChI is InChI=1S/C13H14BrN3O3S2/c1-16(9-12(18)17(2)13-15-7-8-21-13)22(19,20)11-5-3-10(14)4-6-11/h3-8H,9H2,1-2H3. The molecule has 0 aliphatic carbocycles. The highest BCUT2D eigenvalue weighted by molar-refractivity contribution is 9.10. The van der Waals surface area contributed by atoms with Crippen molar-refractivity contribution in [3.63, 3.8) is 0 Å². The molecule has 1 aromatic heterocycles. The van der Waals surface area contributed by atoms with Crippen LogP contribution in [0.3, 0.4) is 0 Å². The van der Waals surface area contributed by atoms with Crippen molar-refractivity contribution < 1.29 is 13.2 Å². The summed E-state index contributed by atoms with van der Waals surface area (Å²) in [5.74, 6) is -0.349. The smallest absolute Gasteiger partial charge is 0.243 e. The van der Waals surface area contributed by atoms with E-state index in [4.69, 9.17) is 0 Å². The monoisotopic (exact) mass is 403 g/mol. The van der Waals surface area contributed by atoms with E-state index in [-0.39, 0.29) is 17.3 Å². The number of nitrogens with zero attached hydrogens (tertiary/aromatic N) is 3. The second-order valence-corrected chi connectivity index (χ2v) is 8.32. The SMILES string of the molecule is CN(C(=O)CN(C)S(=O)(=O)c1ccc(Br)cc1)c1nccs1. The molecule has 0 atom stereocenters. The summed E-state index contributed by atoms with van der Waals surface area (Å²) in [4.78, 5) is 17.7. The minimum atomic E-state index is -3.71. The number of amides is 1. The van der Waals surface area contributed by atoms with Gasteiger partial charge in [-0.3, -0.25) is 9.69 Å². The molecular formula is C13H14BrN3O3S2. The third-order valence-electron chi connectivity index (χ3n) is 2.96. The molecule has 6 nitrogen and oxygen atoms in total. The van der Waals surface area contributed by atoms with Crippen molar-refractivity contribution in [1.29, 1.82) is 0 Å². The van der Waals surface area contributed by atoms with Gasteiger partial charge in [0, 0.05) is 30.1 Å². The maximum Gasteiger partial charge on any atom is 0.243 e. The molecular weight excluding hydrogens is 390 g/mol. The highest BCUT2D eigenvalue weighted by atomic mass is 79.9. The molecule has 2 aromatic rings. The lowest BCUT2D eigenvalue weighted by Crippen LogP contribution is -2.39. The number of benzene rings is 1. The van der Waals surface area contributed by atoms with Crippen molar-refractivity contribution >= 4 is 48.3 Å². The Morgan fingerprint density at radius 2 is 1.91 bits per heavy atom. The van der Waals surface area contributed by atoms with E-state index in [1.165, 1.54) is 35.4 Å². The van der Waals surface area contributed by atoms with E-state index in [1.807, 2.05) is 0 Å². The van der Waals surface area contributed by atoms with Crippen LogP contribution in [0.5, 0.6) is 0 Å². The van der Waals surface area contributed by atoms with Gasteiger partial charge in [-0.15, -0.1) is 11.3 Å². The summed E-state index contributed by atoms with van der Waals surface area (Å²) in [5.41, 5.74) is 0. The fraction of sp³-hybridized carbons (Fsp3) is 0.231. The van der Waals surface area contributed by atoms with Crippen LogP contribution in [0.2, 0.25) is 0 Å². The van der Waals surface area contributed by atoms with Crippen molar-refractivity contribution in [3.05, 3.63) is 40.3 Å². The predicted octanol–water partition coefficient (Wildman–Crippen LogP) is 2.19. The third kappa shape index (κ3) is 3.72. The van der Waals surface area contributed by atoms with Crippen LogP contribution in [0.15, 0.2) is 45.2 Å². The molecule has 1 heterocycles. The molecule has 0 aliphatic rings. The molecule has 1 amide bonds. The first-order valence-corrected chi connectivity index (χ1v) is 9.31. The fourth-order valence-electron chi connectivity index (χ4n) is 1.66. The molecule has 0 fully saturated rings. The summed E-state index contributed by atoms with van der Waals surface area (Å²) in [6, 6.07) is 6.27. The third-order valence-corrected chi connectivity index (χ3v) is 6.15. The van der Waals surface area contributed by atoms with E-state index in [2.05, 4.69) is 20.9 Å². The second-order valence-electron chi connectivity index (χ2n) is 4.48. The summed E-state index contributed by atoms with van der Waals surface area (Å²) < 4.78 is 26.6. The summed E-state index contributed by atoms with van der Waals surface area (Å²) >= 11 is 4.57. The Bertz CT molecular complexity index is 745. The Balaban J connectivity index is 2.12. The highest BCUT2D eigenvalue weighted by Crippen LogP contribution is 2.19. The minimum Gasteiger partial charge on any atom is -0.290 e. The molecule has 2 rings (SSSR count). The molecule has 0 unspecified atom stereocenters. The van der Waals surface area contributed by atoms with Crippen LogP contribution < -0.4 is 4.90 Å². The summed E-state index contributed by atoms with van der Waals surface area (Å²) in [6.45, 7) is -0.255. The van der Waals surface area contributed by atoms with Crippen molar-refractivity contribution in [3.8, 4) is 0 Å². The van der Waals surface area contributed by atoms with E-state index >= 15 is 0 Å². The molecule has 118 valence electrons. The lowest BCUT2D eigenvalue weighted by atomic mass is 10.4. The summed E-state index contributed by atoms with van der Waals surface area (Å²) in [6.07, 6.45) is 1.59. The van der Waals surface area contributed by atoms with Gasteiger partial charge in [0.15, 0.2) is 5.13 Å². The van der Waals surface area contributed by atoms with Gasteiger partial charge < -0.3 is 0 Å². The molecule has 22 heavy (non-hydrogen) atoms. The van der Waals surface area contributed by atoms with E-state index in [1.54, 1.807) is 30.8 Å². The largest absolute Gasteiger partial charge is 0.290 e. The number of halogens is 1. The van der Waals surface area contributed by atoms with Gasteiger partial charge in [-0.1, -0.05) is 15.9 Å². The minimum absolute atomic E-state index is 0.142. The second kappa shape index (κ2) is 6.86. The lowest BCUT2D eigenvalue weighted by Gasteiger charge is -2.20. The van der Waals surface area contributed by atoms with Gasteiger partial charge in [-0.25, -0.2) is 13.4 Å². The quantitative estimate of drug-likeness (QED) is 0.766. The van der Waals surface area contributed by atoms with E-state index in [0.29, 0.717) is 5.13 Å². The molecule has 0 aliphatic heterocycles. The van der Waals surface area contributed by atoms with Gasteiger partial charge in [-0.05, 0) is 24.3 Å². The van der Waals surface area contributed by atoms with Crippen molar-refractivity contribution in [1.82, 2.24) is 9.29 Å². The van der Waals surface area contributed by atoms with Crippen LogP contribution in [0.4, 0.5) is 5.13 Å². The average Bonchev–Trinajstić information content (AvgIpc) is 3.00. The Kier molecular flexibility index (Phi) is 5.32. The first-order valence-electron chi connectivity index (χ1n) is 6.20. The normalized spacial score (nSPS) is 11.6. The Labute approximate surface area is 141 Å². The molecule has 0 saturated heterocycles. The Morgan fingerprint density at radius 1 is 1.27 bits per heavy atom. The summed E-state index contributed by atoms with van der Waals surface area (Å²) in [7, 11) is -0.755. The molecule has 9 heteroatoms. The maximum atomic E-state index is 12.4. The Morgan fingerprint density at radius 3 is 2.45 bits per heavy atom. The summed E-state index contributed by atoms with van der Waals surface area (Å²) in [5, 5.41) is 2.28. The number of sulfonamides is 1. The van der Waals surface area contributed by atoms with Crippen LogP contribution in [0.25, 0.3) is 0 Å². The molecule has 0 N–H and O–H groups in total. The zero-order valence-corrected chi connectivity index (χ0v) is 15.2. The van der Waals surface area contributed by atoms with Gasteiger partial charge in [0.05, 0.1) is 11.4 Å². The first-order chi connectivity index (χ1) is 10.3. The number of aromatic nitrogens is 1. The zero-order valence-electron chi connectivity index (χ0n) is 11.9. The molecule has 0 radical (unpaired) electrons. The molecule has 0 saturated carbocycles. The topological polar surface area (TPSA) is 70.6 Å². The highest BCUT2D eigenvalue weighted by Gasteiger charge is 2.25. The van der Waals surface area contributed by atoms with Crippen LogP contribution in [0, 0.1) is 0 Å². The van der Waals surface area contributed by atoms with Crippen LogP contribution in [0.1, 0.15) is 0 Å². The van der Waals surface area contributed by atoms with Gasteiger partial charge in [0.2, 0.25) is 15.9 Å². The number of carbonyl (C=O) groups excluding carboxylic acids is 1. The average molecular weight is 404 g/mol. The van der Waals surface area contributed by atoms with Crippen LogP contribution in [-0.4, -0.2) is 44.3 Å². The van der Waals surface area contributed by atoms with Crippen molar-refractivity contribution in [2.24, 2.45) is 0 Å². The van der Waals surface area contributed by atoms with Crippen LogP contribution >= 0.6 is 27.3 Å².